The zero-order valence-corrected chi connectivity index (χ0v) is 15.3. The van der Waals surface area contributed by atoms with Crippen LogP contribution in [0.3, 0.4) is 0 Å². The number of anilines is 1. The van der Waals surface area contributed by atoms with Gasteiger partial charge in [-0.05, 0) is 54.8 Å². The van der Waals surface area contributed by atoms with E-state index in [4.69, 9.17) is 4.52 Å². The maximum atomic E-state index is 13.4. The molecule has 1 N–H and O–H groups in total. The molecule has 4 rings (SSSR count). The lowest BCUT2D eigenvalue weighted by Crippen LogP contribution is -2.40. The number of amides is 1. The van der Waals surface area contributed by atoms with E-state index in [1.165, 1.54) is 18.5 Å². The van der Waals surface area contributed by atoms with Crippen molar-refractivity contribution in [2.24, 2.45) is 5.92 Å². The number of carbonyl (C=O) groups excluding carboxylic acids is 1. The molecule has 6 nitrogen and oxygen atoms in total. The number of aromatic nitrogens is 2. The zero-order valence-electron chi connectivity index (χ0n) is 15.3. The summed E-state index contributed by atoms with van der Waals surface area (Å²) < 4.78 is 18.2. The summed E-state index contributed by atoms with van der Waals surface area (Å²) in [6.45, 7) is 2.17. The summed E-state index contributed by atoms with van der Waals surface area (Å²) in [6.07, 6.45) is 3.13. The third-order valence-corrected chi connectivity index (χ3v) is 4.96. The van der Waals surface area contributed by atoms with Crippen LogP contribution in [0.4, 0.5) is 10.1 Å². The van der Waals surface area contributed by atoms with Crippen molar-refractivity contribution in [3.05, 3.63) is 66.6 Å². The predicted molar refractivity (Wildman–Crippen MR) is 103 cm³/mol. The highest BCUT2D eigenvalue weighted by atomic mass is 19.1. The summed E-state index contributed by atoms with van der Waals surface area (Å²) in [7, 11) is 0. The molecule has 144 valence electrons. The molecule has 2 heterocycles. The molecule has 0 aliphatic carbocycles. The summed E-state index contributed by atoms with van der Waals surface area (Å²) >= 11 is 0. The SMILES string of the molecule is O=C(Nc1ccc(-c2cccc(F)c2)cc1)[C@H]1CCCN(Cc2ncon2)C1. The van der Waals surface area contributed by atoms with Crippen LogP contribution < -0.4 is 5.32 Å². The van der Waals surface area contributed by atoms with Gasteiger partial charge >= 0.3 is 0 Å². The molecule has 1 saturated heterocycles. The Morgan fingerprint density at radius 3 is 2.82 bits per heavy atom. The Labute approximate surface area is 162 Å². The number of rotatable bonds is 5. The van der Waals surface area contributed by atoms with Crippen LogP contribution in [0, 0.1) is 11.7 Å². The third kappa shape index (κ3) is 4.43. The quantitative estimate of drug-likeness (QED) is 0.730. The van der Waals surface area contributed by atoms with Crippen LogP contribution in [0.15, 0.2) is 59.4 Å². The summed E-state index contributed by atoms with van der Waals surface area (Å²) in [4.78, 5) is 18.9. The van der Waals surface area contributed by atoms with Crippen molar-refractivity contribution in [2.75, 3.05) is 18.4 Å². The van der Waals surface area contributed by atoms with Gasteiger partial charge in [-0.15, -0.1) is 0 Å². The minimum atomic E-state index is -0.266. The fourth-order valence-electron chi connectivity index (χ4n) is 3.53. The lowest BCUT2D eigenvalue weighted by atomic mass is 9.97. The Morgan fingerprint density at radius 1 is 1.21 bits per heavy atom. The molecule has 28 heavy (non-hydrogen) atoms. The third-order valence-electron chi connectivity index (χ3n) is 4.96. The fourth-order valence-corrected chi connectivity index (χ4v) is 3.53. The normalized spacial score (nSPS) is 17.4. The van der Waals surface area contributed by atoms with Gasteiger partial charge in [-0.25, -0.2) is 4.39 Å². The number of nitrogens with zero attached hydrogens (tertiary/aromatic N) is 3. The molecule has 3 aromatic rings. The molecule has 0 bridgehead atoms. The lowest BCUT2D eigenvalue weighted by molar-refractivity contribution is -0.121. The van der Waals surface area contributed by atoms with Crippen LogP contribution in [0.1, 0.15) is 18.7 Å². The summed E-state index contributed by atoms with van der Waals surface area (Å²) in [5.74, 6) is 0.298. The van der Waals surface area contributed by atoms with Gasteiger partial charge in [0, 0.05) is 12.2 Å². The van der Waals surface area contributed by atoms with Crippen molar-refractivity contribution in [3.63, 3.8) is 0 Å². The standard InChI is InChI=1S/C21H21FN4O2/c22-18-5-1-3-16(11-18)15-6-8-19(9-7-15)24-21(27)17-4-2-10-26(12-17)13-20-23-14-28-25-20/h1,3,5-9,11,14,17H,2,4,10,12-13H2,(H,24,27)/t17-/m0/s1. The van der Waals surface area contributed by atoms with Crippen LogP contribution in [-0.2, 0) is 11.3 Å². The second-order valence-corrected chi connectivity index (χ2v) is 7.00. The van der Waals surface area contributed by atoms with Gasteiger partial charge in [0.1, 0.15) is 5.82 Å². The molecule has 1 aliphatic rings. The van der Waals surface area contributed by atoms with Crippen LogP contribution in [-0.4, -0.2) is 34.0 Å². The van der Waals surface area contributed by atoms with Crippen LogP contribution in [0.2, 0.25) is 0 Å². The van der Waals surface area contributed by atoms with Crippen molar-refractivity contribution >= 4 is 11.6 Å². The first-order valence-electron chi connectivity index (χ1n) is 9.32. The molecule has 0 spiro atoms. The minimum absolute atomic E-state index is 0.0105. The lowest BCUT2D eigenvalue weighted by Gasteiger charge is -2.31. The number of hydrogen-bond acceptors (Lipinski definition) is 5. The van der Waals surface area contributed by atoms with Gasteiger partial charge in [0.05, 0.1) is 12.5 Å². The molecule has 1 amide bonds. The van der Waals surface area contributed by atoms with Crippen molar-refractivity contribution in [3.8, 4) is 11.1 Å². The van der Waals surface area contributed by atoms with Gasteiger partial charge < -0.3 is 9.84 Å². The largest absolute Gasteiger partial charge is 0.343 e. The van der Waals surface area contributed by atoms with Gasteiger partial charge in [0.25, 0.3) is 0 Å². The van der Waals surface area contributed by atoms with Gasteiger partial charge in [0.2, 0.25) is 12.3 Å². The molecule has 1 fully saturated rings. The molecule has 7 heteroatoms. The second kappa shape index (κ2) is 8.31. The number of likely N-dealkylation sites (tertiary alicyclic amines) is 1. The first-order valence-corrected chi connectivity index (χ1v) is 9.32. The number of benzene rings is 2. The van der Waals surface area contributed by atoms with Gasteiger partial charge in [-0.3, -0.25) is 9.69 Å². The number of carbonyl (C=O) groups is 1. The van der Waals surface area contributed by atoms with Crippen molar-refractivity contribution in [1.29, 1.82) is 0 Å². The fraction of sp³-hybridized carbons (Fsp3) is 0.286. The minimum Gasteiger partial charge on any atom is -0.343 e. The van der Waals surface area contributed by atoms with Gasteiger partial charge in [0.15, 0.2) is 5.82 Å². The highest BCUT2D eigenvalue weighted by Gasteiger charge is 2.26. The zero-order chi connectivity index (χ0) is 19.3. The van der Waals surface area contributed by atoms with E-state index in [9.17, 15) is 9.18 Å². The molecule has 1 aromatic heterocycles. The maximum absolute atomic E-state index is 13.4. The van der Waals surface area contributed by atoms with E-state index in [2.05, 4.69) is 20.4 Å². The van der Waals surface area contributed by atoms with E-state index in [1.54, 1.807) is 6.07 Å². The average Bonchev–Trinajstić information content (AvgIpc) is 3.22. The molecule has 1 aliphatic heterocycles. The number of halogens is 1. The second-order valence-electron chi connectivity index (χ2n) is 7.00. The van der Waals surface area contributed by atoms with E-state index in [1.807, 2.05) is 30.3 Å². The smallest absolute Gasteiger partial charge is 0.228 e. The molecule has 0 unspecified atom stereocenters. The Balaban J connectivity index is 1.36. The molecule has 1 atom stereocenters. The monoisotopic (exact) mass is 380 g/mol. The van der Waals surface area contributed by atoms with E-state index in [0.717, 1.165) is 36.2 Å². The van der Waals surface area contributed by atoms with Gasteiger partial charge in [-0.1, -0.05) is 29.4 Å². The molecule has 0 radical (unpaired) electrons. The predicted octanol–water partition coefficient (Wildman–Crippen LogP) is 3.73. The Morgan fingerprint density at radius 2 is 2.07 bits per heavy atom. The number of piperidine rings is 1. The molecule has 0 saturated carbocycles. The molecular formula is C21H21FN4O2. The Hall–Kier alpha value is -3.06. The number of nitrogens with one attached hydrogen (secondary N) is 1. The average molecular weight is 380 g/mol. The summed E-state index contributed by atoms with van der Waals surface area (Å²) in [5.41, 5.74) is 2.45. The van der Waals surface area contributed by atoms with Crippen molar-refractivity contribution in [2.45, 2.75) is 19.4 Å². The highest BCUT2D eigenvalue weighted by molar-refractivity contribution is 5.93. The van der Waals surface area contributed by atoms with Crippen LogP contribution in [0.25, 0.3) is 11.1 Å². The molecule has 2 aromatic carbocycles. The highest BCUT2D eigenvalue weighted by Crippen LogP contribution is 2.24. The summed E-state index contributed by atoms with van der Waals surface area (Å²) in [5, 5.41) is 6.83. The molecular weight excluding hydrogens is 359 g/mol. The van der Waals surface area contributed by atoms with E-state index in [0.29, 0.717) is 18.9 Å². The van der Waals surface area contributed by atoms with Gasteiger partial charge in [-0.2, -0.15) is 4.98 Å². The Kier molecular flexibility index (Phi) is 5.43. The Bertz CT molecular complexity index is 928. The van der Waals surface area contributed by atoms with E-state index < -0.39 is 0 Å². The topological polar surface area (TPSA) is 71.3 Å². The van der Waals surface area contributed by atoms with Crippen LogP contribution in [0.5, 0.6) is 0 Å². The van der Waals surface area contributed by atoms with E-state index >= 15 is 0 Å². The first-order chi connectivity index (χ1) is 13.7. The van der Waals surface area contributed by atoms with E-state index in [-0.39, 0.29) is 17.6 Å². The summed E-state index contributed by atoms with van der Waals surface area (Å²) in [6, 6.07) is 13.9. The maximum Gasteiger partial charge on any atom is 0.228 e. The van der Waals surface area contributed by atoms with Crippen LogP contribution >= 0.6 is 0 Å². The van der Waals surface area contributed by atoms with Crippen molar-refractivity contribution < 1.29 is 13.7 Å². The first kappa shape index (κ1) is 18.3. The van der Waals surface area contributed by atoms with Crippen molar-refractivity contribution in [1.82, 2.24) is 15.0 Å². The number of hydrogen-bond donors (Lipinski definition) is 1.